The molecule has 0 spiro atoms. The molecule has 2 nitrogen and oxygen atoms in total. The average molecular weight is 226 g/mol. The standard InChI is InChI=1S/C14H26O2/c1-4-5-6-7-8-9-10-11-12-14(15)16-13(2)3/h11-13H,4-10H2,1-3H3. The summed E-state index contributed by atoms with van der Waals surface area (Å²) in [5, 5.41) is 0. The lowest BCUT2D eigenvalue weighted by Gasteiger charge is -2.03. The van der Waals surface area contributed by atoms with Crippen LogP contribution in [0.25, 0.3) is 0 Å². The third-order valence-corrected chi connectivity index (χ3v) is 2.33. The Kier molecular flexibility index (Phi) is 10.2. The zero-order chi connectivity index (χ0) is 12.2. The zero-order valence-corrected chi connectivity index (χ0v) is 11.0. The molecule has 0 aliphatic carbocycles. The number of hydrogen-bond donors (Lipinski definition) is 0. The van der Waals surface area contributed by atoms with Gasteiger partial charge < -0.3 is 4.74 Å². The lowest BCUT2D eigenvalue weighted by atomic mass is 10.1. The van der Waals surface area contributed by atoms with Gasteiger partial charge in [-0.2, -0.15) is 0 Å². The molecule has 2 heteroatoms. The second-order valence-electron chi connectivity index (χ2n) is 4.44. The van der Waals surface area contributed by atoms with Crippen LogP contribution in [0.3, 0.4) is 0 Å². The summed E-state index contributed by atoms with van der Waals surface area (Å²) < 4.78 is 4.98. The molecular formula is C14H26O2. The van der Waals surface area contributed by atoms with Crippen molar-refractivity contribution in [2.75, 3.05) is 0 Å². The van der Waals surface area contributed by atoms with Crippen LogP contribution in [0.15, 0.2) is 12.2 Å². The Morgan fingerprint density at radius 1 is 1.12 bits per heavy atom. The highest BCUT2D eigenvalue weighted by molar-refractivity contribution is 5.81. The molecule has 0 saturated heterocycles. The van der Waals surface area contributed by atoms with Crippen LogP contribution in [0, 0.1) is 0 Å². The molecule has 0 aromatic carbocycles. The van der Waals surface area contributed by atoms with Gasteiger partial charge >= 0.3 is 5.97 Å². The number of ether oxygens (including phenoxy) is 1. The molecule has 0 radical (unpaired) electrons. The van der Waals surface area contributed by atoms with E-state index < -0.39 is 0 Å². The van der Waals surface area contributed by atoms with E-state index >= 15 is 0 Å². The normalized spacial score (nSPS) is 11.2. The monoisotopic (exact) mass is 226 g/mol. The van der Waals surface area contributed by atoms with Crippen molar-refractivity contribution in [1.82, 2.24) is 0 Å². The quantitative estimate of drug-likeness (QED) is 0.334. The predicted molar refractivity (Wildman–Crippen MR) is 68.4 cm³/mol. The van der Waals surface area contributed by atoms with Gasteiger partial charge in [0, 0.05) is 6.08 Å². The van der Waals surface area contributed by atoms with Crippen LogP contribution in [0.5, 0.6) is 0 Å². The minimum absolute atomic E-state index is 0.0220. The van der Waals surface area contributed by atoms with E-state index in [4.69, 9.17) is 4.74 Å². The Labute approximate surface area is 100 Å². The fourth-order valence-corrected chi connectivity index (χ4v) is 1.49. The topological polar surface area (TPSA) is 26.3 Å². The second kappa shape index (κ2) is 10.7. The summed E-state index contributed by atoms with van der Waals surface area (Å²) in [6.07, 6.45) is 12.2. The molecule has 0 atom stereocenters. The highest BCUT2D eigenvalue weighted by Crippen LogP contribution is 2.07. The van der Waals surface area contributed by atoms with Gasteiger partial charge in [0.05, 0.1) is 6.10 Å². The minimum Gasteiger partial charge on any atom is -0.460 e. The van der Waals surface area contributed by atoms with E-state index in [2.05, 4.69) is 6.92 Å². The van der Waals surface area contributed by atoms with Crippen molar-refractivity contribution in [1.29, 1.82) is 0 Å². The number of unbranched alkanes of at least 4 members (excludes halogenated alkanes) is 6. The van der Waals surface area contributed by atoms with E-state index in [1.807, 2.05) is 19.9 Å². The average Bonchev–Trinajstić information content (AvgIpc) is 2.21. The first kappa shape index (κ1) is 15.2. The summed E-state index contributed by atoms with van der Waals surface area (Å²) in [4.78, 5) is 11.1. The number of esters is 1. The fourth-order valence-electron chi connectivity index (χ4n) is 1.49. The molecule has 0 heterocycles. The molecule has 0 aliphatic rings. The van der Waals surface area contributed by atoms with Crippen LogP contribution >= 0.6 is 0 Å². The maximum absolute atomic E-state index is 11.1. The molecule has 16 heavy (non-hydrogen) atoms. The Balaban J connectivity index is 3.30. The summed E-state index contributed by atoms with van der Waals surface area (Å²) in [7, 11) is 0. The van der Waals surface area contributed by atoms with Crippen molar-refractivity contribution in [2.45, 2.75) is 71.8 Å². The van der Waals surface area contributed by atoms with Gasteiger partial charge in [0.2, 0.25) is 0 Å². The number of hydrogen-bond acceptors (Lipinski definition) is 2. The van der Waals surface area contributed by atoms with Gasteiger partial charge in [0.25, 0.3) is 0 Å². The van der Waals surface area contributed by atoms with Crippen molar-refractivity contribution in [2.24, 2.45) is 0 Å². The summed E-state index contributed by atoms with van der Waals surface area (Å²) >= 11 is 0. The molecule has 0 bridgehead atoms. The number of rotatable bonds is 9. The van der Waals surface area contributed by atoms with Gasteiger partial charge in [-0.3, -0.25) is 0 Å². The summed E-state index contributed by atoms with van der Waals surface area (Å²) in [6.45, 7) is 5.95. The molecule has 94 valence electrons. The van der Waals surface area contributed by atoms with Crippen LogP contribution in [0.2, 0.25) is 0 Å². The van der Waals surface area contributed by atoms with E-state index in [0.717, 1.165) is 6.42 Å². The highest BCUT2D eigenvalue weighted by Gasteiger charge is 1.98. The SMILES string of the molecule is CCCCCCCCC=CC(=O)OC(C)C. The van der Waals surface area contributed by atoms with Crippen LogP contribution in [-0.2, 0) is 9.53 Å². The molecule has 0 amide bonds. The first-order valence-corrected chi connectivity index (χ1v) is 6.54. The first-order chi connectivity index (χ1) is 7.66. The predicted octanol–water partition coefficient (Wildman–Crippen LogP) is 4.24. The summed E-state index contributed by atoms with van der Waals surface area (Å²) in [5.41, 5.74) is 0. The van der Waals surface area contributed by atoms with Crippen LogP contribution < -0.4 is 0 Å². The molecule has 0 aliphatic heterocycles. The number of carbonyl (C=O) groups is 1. The number of carbonyl (C=O) groups excluding carboxylic acids is 1. The van der Waals surface area contributed by atoms with Crippen molar-refractivity contribution < 1.29 is 9.53 Å². The number of allylic oxidation sites excluding steroid dienone is 1. The van der Waals surface area contributed by atoms with E-state index in [-0.39, 0.29) is 12.1 Å². The Morgan fingerprint density at radius 2 is 1.75 bits per heavy atom. The third-order valence-electron chi connectivity index (χ3n) is 2.33. The zero-order valence-electron chi connectivity index (χ0n) is 11.0. The van der Waals surface area contributed by atoms with Gasteiger partial charge in [-0.05, 0) is 26.7 Å². The van der Waals surface area contributed by atoms with E-state index in [0.29, 0.717) is 0 Å². The first-order valence-electron chi connectivity index (χ1n) is 6.54. The van der Waals surface area contributed by atoms with Crippen LogP contribution in [0.1, 0.15) is 65.7 Å². The maximum atomic E-state index is 11.1. The van der Waals surface area contributed by atoms with Crippen molar-refractivity contribution >= 4 is 5.97 Å². The second-order valence-corrected chi connectivity index (χ2v) is 4.44. The fraction of sp³-hybridized carbons (Fsp3) is 0.786. The molecule has 0 unspecified atom stereocenters. The lowest BCUT2D eigenvalue weighted by molar-refractivity contribution is -0.141. The van der Waals surface area contributed by atoms with E-state index in [1.54, 1.807) is 6.08 Å². The minimum atomic E-state index is -0.221. The van der Waals surface area contributed by atoms with Crippen LogP contribution in [0.4, 0.5) is 0 Å². The molecule has 0 saturated carbocycles. The van der Waals surface area contributed by atoms with Gasteiger partial charge in [-0.1, -0.05) is 45.1 Å². The van der Waals surface area contributed by atoms with Gasteiger partial charge in [-0.15, -0.1) is 0 Å². The molecule has 0 aromatic rings. The molecule has 0 N–H and O–H groups in total. The summed E-state index contributed by atoms with van der Waals surface area (Å²) in [6, 6.07) is 0. The van der Waals surface area contributed by atoms with Gasteiger partial charge in [0.15, 0.2) is 0 Å². The largest absolute Gasteiger partial charge is 0.460 e. The molecular weight excluding hydrogens is 200 g/mol. The van der Waals surface area contributed by atoms with Crippen molar-refractivity contribution in [3.8, 4) is 0 Å². The summed E-state index contributed by atoms with van der Waals surface area (Å²) in [5.74, 6) is -0.221. The maximum Gasteiger partial charge on any atom is 0.330 e. The lowest BCUT2D eigenvalue weighted by Crippen LogP contribution is -2.08. The van der Waals surface area contributed by atoms with Crippen LogP contribution in [-0.4, -0.2) is 12.1 Å². The van der Waals surface area contributed by atoms with Crippen molar-refractivity contribution in [3.05, 3.63) is 12.2 Å². The molecule has 0 aromatic heterocycles. The molecule has 0 rings (SSSR count). The smallest absolute Gasteiger partial charge is 0.330 e. The van der Waals surface area contributed by atoms with Gasteiger partial charge in [0.1, 0.15) is 0 Å². The Morgan fingerprint density at radius 3 is 2.38 bits per heavy atom. The van der Waals surface area contributed by atoms with Crippen molar-refractivity contribution in [3.63, 3.8) is 0 Å². The molecule has 0 fully saturated rings. The third kappa shape index (κ3) is 11.3. The highest BCUT2D eigenvalue weighted by atomic mass is 16.5. The Hall–Kier alpha value is -0.790. The van der Waals surface area contributed by atoms with E-state index in [1.165, 1.54) is 38.5 Å². The van der Waals surface area contributed by atoms with E-state index in [9.17, 15) is 4.79 Å². The van der Waals surface area contributed by atoms with Gasteiger partial charge in [-0.25, -0.2) is 4.79 Å². The Bertz CT molecular complexity index is 195.